The minimum absolute atomic E-state index is 0.0359. The van der Waals surface area contributed by atoms with Gasteiger partial charge in [-0.25, -0.2) is 4.39 Å². The van der Waals surface area contributed by atoms with Gasteiger partial charge in [-0.1, -0.05) is 5.16 Å². The third-order valence-electron chi connectivity index (χ3n) is 6.93. The molecule has 29 heavy (non-hydrogen) atoms. The summed E-state index contributed by atoms with van der Waals surface area (Å²) in [6.07, 6.45) is 5.30. The molecule has 3 fully saturated rings. The molecule has 1 spiro atoms. The van der Waals surface area contributed by atoms with Gasteiger partial charge in [0.25, 0.3) is 0 Å². The topological polar surface area (TPSA) is 80.5 Å². The Bertz CT molecular complexity index is 928. The molecule has 5 rings (SSSR count). The van der Waals surface area contributed by atoms with Crippen LogP contribution in [0.2, 0.25) is 0 Å². The maximum absolute atomic E-state index is 14.2. The second kappa shape index (κ2) is 6.79. The Balaban J connectivity index is 1.26. The van der Waals surface area contributed by atoms with E-state index in [9.17, 15) is 9.18 Å². The van der Waals surface area contributed by atoms with E-state index in [1.807, 2.05) is 13.8 Å². The number of carbonyl (C=O) groups is 1. The van der Waals surface area contributed by atoms with Gasteiger partial charge in [0.2, 0.25) is 5.91 Å². The second-order valence-corrected chi connectivity index (χ2v) is 8.52. The Morgan fingerprint density at radius 3 is 3.07 bits per heavy atom. The van der Waals surface area contributed by atoms with E-state index in [4.69, 9.17) is 9.26 Å². The van der Waals surface area contributed by atoms with Crippen LogP contribution in [0, 0.1) is 31.5 Å². The molecule has 8 heteroatoms. The molecule has 154 valence electrons. The summed E-state index contributed by atoms with van der Waals surface area (Å²) in [5.74, 6) is 0.875. The van der Waals surface area contributed by atoms with Crippen molar-refractivity contribution in [2.75, 3.05) is 24.5 Å². The first-order valence-corrected chi connectivity index (χ1v) is 10.2. The number of fused-ring (bicyclic) bond motifs is 1. The summed E-state index contributed by atoms with van der Waals surface area (Å²) in [7, 11) is 0. The van der Waals surface area contributed by atoms with Crippen molar-refractivity contribution < 1.29 is 18.4 Å². The fourth-order valence-electron chi connectivity index (χ4n) is 5.48. The summed E-state index contributed by atoms with van der Waals surface area (Å²) in [5.41, 5.74) is 1.96. The number of aryl methyl sites for hydroxylation is 2. The molecule has 1 amide bonds. The first kappa shape index (κ1) is 18.5. The van der Waals surface area contributed by atoms with E-state index in [2.05, 4.69) is 20.4 Å². The number of carbonyl (C=O) groups excluding carboxylic acids is 1. The lowest BCUT2D eigenvalue weighted by Crippen LogP contribution is -2.42. The number of aromatic nitrogens is 2. The van der Waals surface area contributed by atoms with E-state index >= 15 is 0 Å². The molecule has 0 saturated carbocycles. The number of pyridine rings is 1. The van der Waals surface area contributed by atoms with E-state index in [-0.39, 0.29) is 41.7 Å². The van der Waals surface area contributed by atoms with Crippen molar-refractivity contribution >= 4 is 11.6 Å². The number of nitrogens with one attached hydrogen (secondary N) is 1. The van der Waals surface area contributed by atoms with Crippen LogP contribution in [0.25, 0.3) is 0 Å². The number of anilines is 1. The summed E-state index contributed by atoms with van der Waals surface area (Å²) in [4.78, 5) is 18.4. The maximum atomic E-state index is 14.2. The molecule has 7 nitrogen and oxygen atoms in total. The van der Waals surface area contributed by atoms with Crippen LogP contribution in [0.15, 0.2) is 23.0 Å². The highest BCUT2D eigenvalue weighted by Crippen LogP contribution is 2.55. The van der Waals surface area contributed by atoms with E-state index in [1.165, 1.54) is 6.20 Å². The van der Waals surface area contributed by atoms with Crippen LogP contribution in [0.3, 0.4) is 0 Å². The van der Waals surface area contributed by atoms with Crippen LogP contribution in [0.4, 0.5) is 10.1 Å². The van der Waals surface area contributed by atoms with Crippen LogP contribution >= 0.6 is 0 Å². The summed E-state index contributed by atoms with van der Waals surface area (Å²) in [5, 5.41) is 7.00. The van der Waals surface area contributed by atoms with Crippen molar-refractivity contribution in [2.45, 2.75) is 44.8 Å². The summed E-state index contributed by atoms with van der Waals surface area (Å²) in [6.45, 7) is 5.67. The van der Waals surface area contributed by atoms with Gasteiger partial charge in [-0.05, 0) is 32.8 Å². The molecule has 4 atom stereocenters. The quantitative estimate of drug-likeness (QED) is 0.829. The molecule has 3 saturated heterocycles. The zero-order valence-electron chi connectivity index (χ0n) is 16.7. The lowest BCUT2D eigenvalue weighted by atomic mass is 9.73. The van der Waals surface area contributed by atoms with Gasteiger partial charge in [-0.3, -0.25) is 9.78 Å². The number of nitrogens with zero attached hydrogens (tertiary/aromatic N) is 3. The molecule has 0 radical (unpaired) electrons. The molecule has 0 aliphatic carbocycles. The summed E-state index contributed by atoms with van der Waals surface area (Å²) < 4.78 is 25.8. The predicted molar refractivity (Wildman–Crippen MR) is 103 cm³/mol. The maximum Gasteiger partial charge on any atom is 0.224 e. The van der Waals surface area contributed by atoms with Crippen molar-refractivity contribution in [3.63, 3.8) is 0 Å². The Morgan fingerprint density at radius 1 is 1.45 bits per heavy atom. The van der Waals surface area contributed by atoms with Crippen LogP contribution in [0.5, 0.6) is 0 Å². The summed E-state index contributed by atoms with van der Waals surface area (Å²) in [6, 6.07) is 1.72. The number of rotatable bonds is 5. The molecule has 1 N–H and O–H groups in total. The average Bonchev–Trinajstić information content (AvgIpc) is 3.43. The van der Waals surface area contributed by atoms with Crippen molar-refractivity contribution in [2.24, 2.45) is 11.8 Å². The summed E-state index contributed by atoms with van der Waals surface area (Å²) >= 11 is 0. The molecule has 2 aromatic heterocycles. The zero-order chi connectivity index (χ0) is 20.2. The van der Waals surface area contributed by atoms with Gasteiger partial charge in [0, 0.05) is 43.2 Å². The largest absolute Gasteiger partial charge is 0.369 e. The predicted octanol–water partition coefficient (Wildman–Crippen LogP) is 2.17. The van der Waals surface area contributed by atoms with Crippen LogP contribution in [-0.4, -0.2) is 47.4 Å². The fraction of sp³-hybridized carbons (Fsp3) is 0.571. The monoisotopic (exact) mass is 400 g/mol. The molecule has 2 bridgehead atoms. The van der Waals surface area contributed by atoms with Gasteiger partial charge in [0.15, 0.2) is 5.82 Å². The lowest BCUT2D eigenvalue weighted by molar-refractivity contribution is -0.120. The molecule has 2 aromatic rings. The van der Waals surface area contributed by atoms with Crippen molar-refractivity contribution in [1.29, 1.82) is 0 Å². The van der Waals surface area contributed by atoms with Crippen LogP contribution in [-0.2, 0) is 16.0 Å². The van der Waals surface area contributed by atoms with Crippen LogP contribution < -0.4 is 10.2 Å². The van der Waals surface area contributed by atoms with Gasteiger partial charge in [-0.2, -0.15) is 0 Å². The first-order chi connectivity index (χ1) is 14.0. The molecule has 3 aliphatic heterocycles. The van der Waals surface area contributed by atoms with E-state index in [0.717, 1.165) is 30.6 Å². The van der Waals surface area contributed by atoms with Crippen LogP contribution in [0.1, 0.15) is 29.9 Å². The van der Waals surface area contributed by atoms with Gasteiger partial charge in [0.05, 0.1) is 35.7 Å². The SMILES string of the molecule is Cc1noc(C)c1CC(=O)NC[C@H]1[C@H]2CN(c3ccncc3F)C[C@]23CC[C@H]1O3. The van der Waals surface area contributed by atoms with Crippen molar-refractivity contribution in [1.82, 2.24) is 15.5 Å². The fourth-order valence-corrected chi connectivity index (χ4v) is 5.48. The van der Waals surface area contributed by atoms with Crippen molar-refractivity contribution in [3.05, 3.63) is 41.3 Å². The minimum Gasteiger partial charge on any atom is -0.369 e. The Kier molecular flexibility index (Phi) is 4.34. The highest BCUT2D eigenvalue weighted by Gasteiger charge is 2.63. The third-order valence-corrected chi connectivity index (χ3v) is 6.93. The number of hydrogen-bond acceptors (Lipinski definition) is 6. The average molecular weight is 400 g/mol. The number of amides is 1. The smallest absolute Gasteiger partial charge is 0.224 e. The van der Waals surface area contributed by atoms with Gasteiger partial charge >= 0.3 is 0 Å². The lowest BCUT2D eigenvalue weighted by Gasteiger charge is -2.29. The molecule has 5 heterocycles. The van der Waals surface area contributed by atoms with Gasteiger partial charge in [-0.15, -0.1) is 0 Å². The molecule has 3 aliphatic rings. The zero-order valence-corrected chi connectivity index (χ0v) is 16.7. The molecular weight excluding hydrogens is 375 g/mol. The minimum atomic E-state index is -0.303. The normalized spacial score (nSPS) is 30.0. The number of hydrogen-bond donors (Lipinski definition) is 1. The Hall–Kier alpha value is -2.48. The molecule has 0 aromatic carbocycles. The first-order valence-electron chi connectivity index (χ1n) is 10.2. The van der Waals surface area contributed by atoms with E-state index in [1.54, 1.807) is 12.3 Å². The number of halogens is 1. The van der Waals surface area contributed by atoms with Gasteiger partial charge < -0.3 is 19.5 Å². The van der Waals surface area contributed by atoms with Crippen molar-refractivity contribution in [3.8, 4) is 0 Å². The Morgan fingerprint density at radius 2 is 2.31 bits per heavy atom. The molecular formula is C21H25FN4O3. The van der Waals surface area contributed by atoms with Gasteiger partial charge in [0.1, 0.15) is 5.76 Å². The highest BCUT2D eigenvalue weighted by molar-refractivity contribution is 5.79. The standard InChI is InChI=1S/C21H25FN4O3/c1-12-14(13(2)29-25-12)7-20(27)24-8-15-16-10-26(18-4-6-23-9-17(18)22)11-21(16)5-3-19(15)28-21/h4,6,9,15-16,19H,3,5,7-8,10-11H2,1-2H3,(H,24,27)/t15-,16+,19+,21+/m0/s1. The second-order valence-electron chi connectivity index (χ2n) is 8.52. The van der Waals surface area contributed by atoms with E-state index < -0.39 is 0 Å². The highest BCUT2D eigenvalue weighted by atomic mass is 19.1. The third kappa shape index (κ3) is 3.01. The van der Waals surface area contributed by atoms with E-state index in [0.29, 0.717) is 24.5 Å². The Labute approximate surface area is 168 Å². The number of ether oxygens (including phenoxy) is 1. The molecule has 0 unspecified atom stereocenters.